The molecule has 1 aromatic heterocycles. The smallest absolute Gasteiger partial charge is 0.293 e. The molecule has 8 nitrogen and oxygen atoms in total. The zero-order valence-electron chi connectivity index (χ0n) is 8.44. The Bertz CT molecular complexity index is 481. The molecule has 1 atom stereocenters. The number of rotatable bonds is 4. The van der Waals surface area contributed by atoms with E-state index in [0.29, 0.717) is 6.42 Å². The van der Waals surface area contributed by atoms with E-state index < -0.39 is 22.4 Å². The number of carbonyl (C=O) groups excluding carboxylic acids is 1. The molecule has 1 aromatic rings. The molecule has 1 heterocycles. The van der Waals surface area contributed by atoms with Crippen molar-refractivity contribution in [2.24, 2.45) is 5.84 Å². The lowest BCUT2D eigenvalue weighted by atomic mass is 10.3. The number of H-pyrrole nitrogens is 2. The fourth-order valence-electron chi connectivity index (χ4n) is 0.967. The van der Waals surface area contributed by atoms with Crippen LogP contribution in [-0.4, -0.2) is 26.3 Å². The maximum absolute atomic E-state index is 11.3. The summed E-state index contributed by atoms with van der Waals surface area (Å²) >= 11 is 0.940. The fourth-order valence-corrected chi connectivity index (χ4v) is 1.83. The van der Waals surface area contributed by atoms with Crippen molar-refractivity contribution in [3.63, 3.8) is 0 Å². The second kappa shape index (κ2) is 5.47. The lowest BCUT2D eigenvalue weighted by Crippen LogP contribution is -2.38. The number of aromatic amines is 2. The minimum atomic E-state index is -0.689. The van der Waals surface area contributed by atoms with E-state index in [1.54, 1.807) is 6.92 Å². The minimum absolute atomic E-state index is 0.0232. The number of aromatic nitrogens is 3. The van der Waals surface area contributed by atoms with E-state index in [4.69, 9.17) is 5.84 Å². The number of hydrogen-bond acceptors (Lipinski definition) is 6. The third-order valence-corrected chi connectivity index (χ3v) is 3.07. The number of thioether (sulfide) groups is 1. The molecule has 0 saturated carbocycles. The van der Waals surface area contributed by atoms with E-state index >= 15 is 0 Å². The molecule has 1 rings (SSSR count). The number of carbonyl (C=O) groups is 1. The summed E-state index contributed by atoms with van der Waals surface area (Å²) in [6.45, 7) is 1.77. The first-order chi connectivity index (χ1) is 7.58. The molecule has 0 spiro atoms. The first-order valence-corrected chi connectivity index (χ1v) is 5.32. The summed E-state index contributed by atoms with van der Waals surface area (Å²) in [6.07, 6.45) is 0.480. The molecule has 1 amide bonds. The molecule has 0 radical (unpaired) electrons. The number of hydrazine groups is 1. The predicted octanol–water partition coefficient (Wildman–Crippen LogP) is -1.68. The van der Waals surface area contributed by atoms with Crippen LogP contribution in [0.25, 0.3) is 0 Å². The van der Waals surface area contributed by atoms with Crippen molar-refractivity contribution in [1.29, 1.82) is 0 Å². The first-order valence-electron chi connectivity index (χ1n) is 4.44. The molecule has 0 fully saturated rings. The highest BCUT2D eigenvalue weighted by molar-refractivity contribution is 8.00. The molecule has 9 heteroatoms. The third kappa shape index (κ3) is 2.94. The van der Waals surface area contributed by atoms with Crippen LogP contribution in [-0.2, 0) is 4.79 Å². The van der Waals surface area contributed by atoms with Crippen LogP contribution in [0.3, 0.4) is 0 Å². The van der Waals surface area contributed by atoms with Crippen LogP contribution >= 0.6 is 11.8 Å². The molecule has 0 bridgehead atoms. The summed E-state index contributed by atoms with van der Waals surface area (Å²) < 4.78 is 0. The zero-order valence-corrected chi connectivity index (χ0v) is 9.26. The van der Waals surface area contributed by atoms with Crippen molar-refractivity contribution in [1.82, 2.24) is 20.6 Å². The molecule has 0 aliphatic carbocycles. The molecule has 0 saturated heterocycles. The Labute approximate surface area is 94.0 Å². The molecule has 0 aliphatic heterocycles. The summed E-state index contributed by atoms with van der Waals surface area (Å²) in [5, 5.41) is 5.12. The largest absolute Gasteiger partial charge is 0.342 e. The van der Waals surface area contributed by atoms with Gasteiger partial charge in [0.15, 0.2) is 5.03 Å². The van der Waals surface area contributed by atoms with Gasteiger partial charge in [0.25, 0.3) is 5.56 Å². The van der Waals surface area contributed by atoms with Crippen LogP contribution in [0.5, 0.6) is 0 Å². The Morgan fingerprint density at radius 2 is 2.31 bits per heavy atom. The van der Waals surface area contributed by atoms with Gasteiger partial charge in [0.05, 0.1) is 5.25 Å². The van der Waals surface area contributed by atoms with Crippen LogP contribution in [0.1, 0.15) is 13.3 Å². The van der Waals surface area contributed by atoms with Gasteiger partial charge < -0.3 is 0 Å². The Morgan fingerprint density at radius 1 is 1.62 bits per heavy atom. The van der Waals surface area contributed by atoms with Crippen molar-refractivity contribution in [2.45, 2.75) is 23.6 Å². The topological polar surface area (TPSA) is 134 Å². The molecule has 0 aromatic carbocycles. The van der Waals surface area contributed by atoms with E-state index in [9.17, 15) is 14.4 Å². The molecule has 88 valence electrons. The fraction of sp³-hybridized carbons (Fsp3) is 0.429. The molecule has 1 unspecified atom stereocenters. The zero-order chi connectivity index (χ0) is 12.1. The normalized spacial score (nSPS) is 12.1. The van der Waals surface area contributed by atoms with Gasteiger partial charge in [0.1, 0.15) is 0 Å². The Balaban J connectivity index is 2.90. The monoisotopic (exact) mass is 245 g/mol. The van der Waals surface area contributed by atoms with Crippen LogP contribution in [0.4, 0.5) is 0 Å². The maximum Gasteiger partial charge on any atom is 0.342 e. The van der Waals surface area contributed by atoms with E-state index in [-0.39, 0.29) is 5.03 Å². The number of amides is 1. The Hall–Kier alpha value is -1.61. The second-order valence-electron chi connectivity index (χ2n) is 2.84. The van der Waals surface area contributed by atoms with Gasteiger partial charge in [-0.1, -0.05) is 18.7 Å². The number of hydrogen-bond donors (Lipinski definition) is 4. The van der Waals surface area contributed by atoms with Crippen molar-refractivity contribution in [3.05, 3.63) is 20.8 Å². The first kappa shape index (κ1) is 12.5. The summed E-state index contributed by atoms with van der Waals surface area (Å²) in [7, 11) is 0. The second-order valence-corrected chi connectivity index (χ2v) is 4.03. The van der Waals surface area contributed by atoms with E-state index in [2.05, 4.69) is 10.2 Å². The van der Waals surface area contributed by atoms with Gasteiger partial charge in [0, 0.05) is 0 Å². The van der Waals surface area contributed by atoms with E-state index in [0.717, 1.165) is 11.8 Å². The van der Waals surface area contributed by atoms with Crippen molar-refractivity contribution in [3.8, 4) is 0 Å². The lowest BCUT2D eigenvalue weighted by molar-refractivity contribution is -0.120. The summed E-state index contributed by atoms with van der Waals surface area (Å²) in [4.78, 5) is 35.3. The summed E-state index contributed by atoms with van der Waals surface area (Å²) in [5.74, 6) is 4.58. The van der Waals surface area contributed by atoms with Gasteiger partial charge in [-0.15, -0.1) is 0 Å². The third-order valence-electron chi connectivity index (χ3n) is 1.74. The average Bonchev–Trinajstić information content (AvgIpc) is 2.27. The molecule has 5 N–H and O–H groups in total. The minimum Gasteiger partial charge on any atom is -0.293 e. The van der Waals surface area contributed by atoms with Crippen LogP contribution in [0, 0.1) is 0 Å². The molecular weight excluding hydrogens is 234 g/mol. The Kier molecular flexibility index (Phi) is 4.26. The number of nitrogens with zero attached hydrogens (tertiary/aromatic N) is 1. The molecule has 0 aliphatic rings. The lowest BCUT2D eigenvalue weighted by Gasteiger charge is -2.10. The van der Waals surface area contributed by atoms with Gasteiger partial charge in [-0.3, -0.25) is 20.0 Å². The highest BCUT2D eigenvalue weighted by Crippen LogP contribution is 2.19. The average molecular weight is 245 g/mol. The van der Waals surface area contributed by atoms with Gasteiger partial charge in [0.2, 0.25) is 5.91 Å². The van der Waals surface area contributed by atoms with Gasteiger partial charge >= 0.3 is 5.69 Å². The van der Waals surface area contributed by atoms with Crippen molar-refractivity contribution < 1.29 is 4.79 Å². The van der Waals surface area contributed by atoms with E-state index in [1.807, 2.05) is 10.4 Å². The molecule has 16 heavy (non-hydrogen) atoms. The standard InChI is InChI=1S/C7H11N5O3S/c1-2-3(4(13)10-8)16-6-5(14)9-7(15)12-11-6/h3H,2,8H2,1H3,(H,10,13)(H2,9,12,14,15). The van der Waals surface area contributed by atoms with Gasteiger partial charge in [-0.25, -0.2) is 15.7 Å². The summed E-state index contributed by atoms with van der Waals surface area (Å²) in [5.41, 5.74) is 0.678. The highest BCUT2D eigenvalue weighted by atomic mass is 32.2. The molecular formula is C7H11N5O3S. The number of nitrogens with one attached hydrogen (secondary N) is 3. The quantitative estimate of drug-likeness (QED) is 0.217. The van der Waals surface area contributed by atoms with E-state index in [1.165, 1.54) is 0 Å². The van der Waals surface area contributed by atoms with Gasteiger partial charge in [-0.2, -0.15) is 5.10 Å². The number of nitrogens with two attached hydrogens (primary N) is 1. The van der Waals surface area contributed by atoms with Crippen LogP contribution in [0.2, 0.25) is 0 Å². The van der Waals surface area contributed by atoms with Crippen LogP contribution in [0.15, 0.2) is 14.6 Å². The summed E-state index contributed by atoms with van der Waals surface area (Å²) in [6, 6.07) is 0. The predicted molar refractivity (Wildman–Crippen MR) is 57.7 cm³/mol. The maximum atomic E-state index is 11.3. The highest BCUT2D eigenvalue weighted by Gasteiger charge is 2.19. The Morgan fingerprint density at radius 3 is 2.81 bits per heavy atom. The SMILES string of the molecule is CCC(Sc1n[nH]c(=O)[nH]c1=O)C(=O)NN. The van der Waals surface area contributed by atoms with Crippen molar-refractivity contribution in [2.75, 3.05) is 0 Å². The van der Waals surface area contributed by atoms with Crippen LogP contribution < -0.4 is 22.5 Å². The van der Waals surface area contributed by atoms with Crippen molar-refractivity contribution >= 4 is 17.7 Å². The van der Waals surface area contributed by atoms with Gasteiger partial charge in [-0.05, 0) is 6.42 Å².